The van der Waals surface area contributed by atoms with Gasteiger partial charge in [-0.15, -0.1) is 0 Å². The summed E-state index contributed by atoms with van der Waals surface area (Å²) in [5, 5.41) is 5.25. The molecule has 0 spiro atoms. The molecular weight excluding hydrogens is 288 g/mol. The number of nitrogens with two attached hydrogens (primary N) is 1. The number of rotatable bonds is 3. The van der Waals surface area contributed by atoms with Crippen molar-refractivity contribution in [3.8, 4) is 5.95 Å². The predicted molar refractivity (Wildman–Crippen MR) is 77.0 cm³/mol. The number of nitrogen functional groups attached to an aromatic ring is 1. The average Bonchev–Trinajstić information content (AvgIpc) is 2.90. The minimum absolute atomic E-state index is 0.127. The number of nitrogens with zero attached hydrogens (tertiary/aromatic N) is 7. The molecule has 0 fully saturated rings. The van der Waals surface area contributed by atoms with Crippen LogP contribution in [0.5, 0.6) is 0 Å². The van der Waals surface area contributed by atoms with Crippen molar-refractivity contribution in [1.29, 1.82) is 0 Å². The summed E-state index contributed by atoms with van der Waals surface area (Å²) in [4.78, 5) is 20.8. The van der Waals surface area contributed by atoms with Crippen LogP contribution < -0.4 is 5.73 Å². The van der Waals surface area contributed by atoms with Gasteiger partial charge in [0.2, 0.25) is 11.1 Å². The Labute approximate surface area is 124 Å². The summed E-state index contributed by atoms with van der Waals surface area (Å²) >= 11 is 1.33. The van der Waals surface area contributed by atoms with Gasteiger partial charge in [0.15, 0.2) is 0 Å². The van der Waals surface area contributed by atoms with Crippen LogP contribution in [0.3, 0.4) is 0 Å². The SMILES string of the molecule is Cc1cc(C)nc(Sc2nc(N)nc(-n3cncn3)n2)c1. The third kappa shape index (κ3) is 3.14. The van der Waals surface area contributed by atoms with Gasteiger partial charge >= 0.3 is 0 Å². The maximum Gasteiger partial charge on any atom is 0.257 e. The van der Waals surface area contributed by atoms with Gasteiger partial charge in [-0.25, -0.2) is 9.97 Å². The zero-order valence-corrected chi connectivity index (χ0v) is 12.2. The Morgan fingerprint density at radius 2 is 1.95 bits per heavy atom. The molecule has 2 N–H and O–H groups in total. The fourth-order valence-electron chi connectivity index (χ4n) is 1.77. The first-order valence-electron chi connectivity index (χ1n) is 6.10. The van der Waals surface area contributed by atoms with E-state index >= 15 is 0 Å². The van der Waals surface area contributed by atoms with Crippen molar-refractivity contribution in [2.75, 3.05) is 5.73 Å². The standard InChI is InChI=1S/C12H12N8S/c1-7-3-8(2)16-9(4-7)21-12-18-10(13)17-11(19-12)20-6-14-5-15-20/h3-6H,1-2H3,(H2,13,17,18,19). The summed E-state index contributed by atoms with van der Waals surface area (Å²) in [5.74, 6) is 0.453. The summed E-state index contributed by atoms with van der Waals surface area (Å²) in [6, 6.07) is 3.97. The highest BCUT2D eigenvalue weighted by Crippen LogP contribution is 2.24. The van der Waals surface area contributed by atoms with Crippen molar-refractivity contribution in [1.82, 2.24) is 34.7 Å². The molecule has 3 heterocycles. The molecule has 3 aromatic rings. The van der Waals surface area contributed by atoms with E-state index in [2.05, 4.69) is 30.0 Å². The molecule has 3 rings (SSSR count). The molecule has 8 nitrogen and oxygen atoms in total. The van der Waals surface area contributed by atoms with Crippen molar-refractivity contribution < 1.29 is 0 Å². The number of hydrogen-bond donors (Lipinski definition) is 1. The van der Waals surface area contributed by atoms with Gasteiger partial charge < -0.3 is 5.73 Å². The Morgan fingerprint density at radius 1 is 1.10 bits per heavy atom. The van der Waals surface area contributed by atoms with Crippen LogP contribution in [0.1, 0.15) is 11.3 Å². The zero-order valence-electron chi connectivity index (χ0n) is 11.4. The number of aryl methyl sites for hydroxylation is 2. The van der Waals surface area contributed by atoms with E-state index in [4.69, 9.17) is 5.73 Å². The predicted octanol–water partition coefficient (Wildman–Crippen LogP) is 1.20. The number of hydrogen-bond acceptors (Lipinski definition) is 8. The highest BCUT2D eigenvalue weighted by molar-refractivity contribution is 7.99. The second-order valence-electron chi connectivity index (χ2n) is 4.34. The van der Waals surface area contributed by atoms with Crippen molar-refractivity contribution in [3.63, 3.8) is 0 Å². The van der Waals surface area contributed by atoms with Crippen molar-refractivity contribution in [3.05, 3.63) is 36.0 Å². The van der Waals surface area contributed by atoms with Crippen LogP contribution >= 0.6 is 11.8 Å². The maximum atomic E-state index is 5.72. The fourth-order valence-corrected chi connectivity index (χ4v) is 2.66. The largest absolute Gasteiger partial charge is 0.368 e. The first-order valence-corrected chi connectivity index (χ1v) is 6.91. The van der Waals surface area contributed by atoms with E-state index in [-0.39, 0.29) is 5.95 Å². The molecule has 106 valence electrons. The van der Waals surface area contributed by atoms with Gasteiger partial charge in [0.05, 0.1) is 0 Å². The summed E-state index contributed by atoms with van der Waals surface area (Å²) in [6.07, 6.45) is 2.90. The van der Waals surface area contributed by atoms with Crippen LogP contribution in [-0.2, 0) is 0 Å². The second-order valence-corrected chi connectivity index (χ2v) is 5.33. The van der Waals surface area contributed by atoms with Gasteiger partial charge in [-0.2, -0.15) is 24.7 Å². The molecule has 0 aliphatic rings. The Kier molecular flexibility index (Phi) is 3.48. The molecule has 0 bridgehead atoms. The first-order chi connectivity index (χ1) is 10.1. The van der Waals surface area contributed by atoms with E-state index in [1.165, 1.54) is 29.1 Å². The Balaban J connectivity index is 1.95. The minimum Gasteiger partial charge on any atom is -0.368 e. The molecule has 0 amide bonds. The molecule has 0 aromatic carbocycles. The van der Waals surface area contributed by atoms with Crippen molar-refractivity contribution >= 4 is 17.7 Å². The molecule has 0 radical (unpaired) electrons. The van der Waals surface area contributed by atoms with E-state index in [1.807, 2.05) is 26.0 Å². The normalized spacial score (nSPS) is 10.8. The van der Waals surface area contributed by atoms with E-state index in [1.54, 1.807) is 0 Å². The molecule has 0 atom stereocenters. The lowest BCUT2D eigenvalue weighted by molar-refractivity contribution is 0.762. The van der Waals surface area contributed by atoms with Crippen molar-refractivity contribution in [2.45, 2.75) is 24.0 Å². The van der Waals surface area contributed by atoms with Gasteiger partial charge in [0.1, 0.15) is 17.7 Å². The quantitative estimate of drug-likeness (QED) is 0.768. The summed E-state index contributed by atoms with van der Waals surface area (Å²) in [7, 11) is 0. The second kappa shape index (κ2) is 5.44. The van der Waals surface area contributed by atoms with Crippen molar-refractivity contribution in [2.24, 2.45) is 0 Å². The number of pyridine rings is 1. The van der Waals surface area contributed by atoms with Gasteiger partial charge in [0, 0.05) is 5.69 Å². The smallest absolute Gasteiger partial charge is 0.257 e. The molecular formula is C12H12N8S. The third-order valence-electron chi connectivity index (χ3n) is 2.51. The van der Waals surface area contributed by atoms with Crippen LogP contribution in [0.15, 0.2) is 35.0 Å². The topological polar surface area (TPSA) is 108 Å². The Morgan fingerprint density at radius 3 is 2.67 bits per heavy atom. The third-order valence-corrected chi connectivity index (χ3v) is 3.30. The lowest BCUT2D eigenvalue weighted by Gasteiger charge is -2.05. The Hall–Kier alpha value is -2.55. The molecule has 0 unspecified atom stereocenters. The Bertz CT molecular complexity index is 751. The molecule has 9 heteroatoms. The highest BCUT2D eigenvalue weighted by atomic mass is 32.2. The zero-order chi connectivity index (χ0) is 14.8. The van der Waals surface area contributed by atoms with Gasteiger partial charge in [-0.05, 0) is 43.3 Å². The highest BCUT2D eigenvalue weighted by Gasteiger charge is 2.09. The van der Waals surface area contributed by atoms with E-state index in [0.717, 1.165) is 16.3 Å². The molecule has 0 aliphatic carbocycles. The van der Waals surface area contributed by atoms with Crippen LogP contribution in [-0.4, -0.2) is 34.7 Å². The minimum atomic E-state index is 0.127. The lowest BCUT2D eigenvalue weighted by Crippen LogP contribution is -2.07. The molecule has 3 aromatic heterocycles. The summed E-state index contributed by atoms with van der Waals surface area (Å²) < 4.78 is 1.43. The number of anilines is 1. The lowest BCUT2D eigenvalue weighted by atomic mass is 10.3. The molecule has 0 aliphatic heterocycles. The van der Waals surface area contributed by atoms with Crippen LogP contribution in [0.25, 0.3) is 5.95 Å². The van der Waals surface area contributed by atoms with Gasteiger partial charge in [0.25, 0.3) is 5.95 Å². The van der Waals surface area contributed by atoms with Gasteiger partial charge in [-0.3, -0.25) is 0 Å². The van der Waals surface area contributed by atoms with E-state index in [9.17, 15) is 0 Å². The summed E-state index contributed by atoms with van der Waals surface area (Å²) in [6.45, 7) is 3.96. The first kappa shape index (κ1) is 13.4. The van der Waals surface area contributed by atoms with E-state index < -0.39 is 0 Å². The monoisotopic (exact) mass is 300 g/mol. The van der Waals surface area contributed by atoms with Crippen LogP contribution in [0.4, 0.5) is 5.95 Å². The molecule has 0 saturated heterocycles. The van der Waals surface area contributed by atoms with Crippen LogP contribution in [0.2, 0.25) is 0 Å². The summed E-state index contributed by atoms with van der Waals surface area (Å²) in [5.41, 5.74) is 7.79. The molecule has 21 heavy (non-hydrogen) atoms. The number of aromatic nitrogens is 7. The van der Waals surface area contributed by atoms with Crippen LogP contribution in [0, 0.1) is 13.8 Å². The fraction of sp³-hybridized carbons (Fsp3) is 0.167. The maximum absolute atomic E-state index is 5.72. The molecule has 0 saturated carbocycles. The average molecular weight is 300 g/mol. The van der Waals surface area contributed by atoms with Gasteiger partial charge in [-0.1, -0.05) is 0 Å². The van der Waals surface area contributed by atoms with E-state index in [0.29, 0.717) is 11.1 Å².